The minimum atomic E-state index is 0.909. The van der Waals surface area contributed by atoms with Crippen LogP contribution >= 0.6 is 23.5 Å². The van der Waals surface area contributed by atoms with Gasteiger partial charge < -0.3 is 0 Å². The standard InChI is InChI=1S/C6H12S2/c1-5-3-6(2)8-4-7-5/h5-6H,3-4H2,1-2H3. The molecule has 0 spiro atoms. The molecule has 1 rings (SSSR count). The van der Waals surface area contributed by atoms with Crippen LogP contribution < -0.4 is 0 Å². The lowest BCUT2D eigenvalue weighted by Crippen LogP contribution is -2.11. The lowest BCUT2D eigenvalue weighted by molar-refractivity contribution is 0.799. The van der Waals surface area contributed by atoms with Crippen LogP contribution in [0.2, 0.25) is 0 Å². The van der Waals surface area contributed by atoms with Crippen LogP contribution in [0.15, 0.2) is 0 Å². The smallest absolute Gasteiger partial charge is 0.0397 e. The van der Waals surface area contributed by atoms with Gasteiger partial charge in [0.2, 0.25) is 0 Å². The Morgan fingerprint density at radius 1 is 1.12 bits per heavy atom. The van der Waals surface area contributed by atoms with E-state index in [1.165, 1.54) is 11.5 Å². The maximum absolute atomic E-state index is 2.32. The van der Waals surface area contributed by atoms with E-state index in [4.69, 9.17) is 0 Å². The van der Waals surface area contributed by atoms with Crippen molar-refractivity contribution < 1.29 is 0 Å². The highest BCUT2D eigenvalue weighted by atomic mass is 32.2. The Kier molecular flexibility index (Phi) is 2.57. The van der Waals surface area contributed by atoms with Gasteiger partial charge in [0, 0.05) is 15.6 Å². The first kappa shape index (κ1) is 6.81. The molecule has 1 saturated heterocycles. The maximum atomic E-state index is 2.32. The van der Waals surface area contributed by atoms with Crippen molar-refractivity contribution in [3.63, 3.8) is 0 Å². The summed E-state index contributed by atoms with van der Waals surface area (Å²) in [5, 5.41) is 3.12. The zero-order chi connectivity index (χ0) is 5.98. The fourth-order valence-electron chi connectivity index (χ4n) is 0.875. The van der Waals surface area contributed by atoms with Crippen molar-refractivity contribution in [1.29, 1.82) is 0 Å². The van der Waals surface area contributed by atoms with E-state index in [2.05, 4.69) is 37.4 Å². The molecule has 2 unspecified atom stereocenters. The molecule has 0 aromatic heterocycles. The van der Waals surface area contributed by atoms with Crippen molar-refractivity contribution in [1.82, 2.24) is 0 Å². The van der Waals surface area contributed by atoms with Gasteiger partial charge in [-0.1, -0.05) is 13.8 Å². The van der Waals surface area contributed by atoms with Gasteiger partial charge in [-0.25, -0.2) is 0 Å². The minimum absolute atomic E-state index is 0.909. The first-order valence-corrected chi connectivity index (χ1v) is 5.12. The van der Waals surface area contributed by atoms with Crippen molar-refractivity contribution in [3.8, 4) is 0 Å². The molecule has 0 saturated carbocycles. The zero-order valence-corrected chi connectivity index (χ0v) is 7.02. The van der Waals surface area contributed by atoms with Gasteiger partial charge in [-0.3, -0.25) is 0 Å². The quantitative estimate of drug-likeness (QED) is 0.518. The van der Waals surface area contributed by atoms with E-state index in [1.807, 2.05) is 0 Å². The second-order valence-corrected chi connectivity index (χ2v) is 5.53. The van der Waals surface area contributed by atoms with Gasteiger partial charge in [-0.05, 0) is 6.42 Å². The molecular formula is C6H12S2. The Morgan fingerprint density at radius 2 is 1.62 bits per heavy atom. The minimum Gasteiger partial charge on any atom is -0.148 e. The number of thioether (sulfide) groups is 2. The number of hydrogen-bond acceptors (Lipinski definition) is 2. The summed E-state index contributed by atoms with van der Waals surface area (Å²) in [6.07, 6.45) is 1.40. The fraction of sp³-hybridized carbons (Fsp3) is 1.00. The molecular weight excluding hydrogens is 136 g/mol. The second kappa shape index (κ2) is 3.02. The van der Waals surface area contributed by atoms with E-state index in [1.54, 1.807) is 0 Å². The third kappa shape index (κ3) is 1.90. The van der Waals surface area contributed by atoms with E-state index < -0.39 is 0 Å². The van der Waals surface area contributed by atoms with Crippen molar-refractivity contribution in [2.45, 2.75) is 30.8 Å². The molecule has 0 bridgehead atoms. The zero-order valence-electron chi connectivity index (χ0n) is 5.39. The summed E-state index contributed by atoms with van der Waals surface area (Å²) < 4.78 is 0. The third-order valence-electron chi connectivity index (χ3n) is 1.37. The van der Waals surface area contributed by atoms with E-state index in [9.17, 15) is 0 Å². The van der Waals surface area contributed by atoms with Crippen LogP contribution in [0, 0.1) is 0 Å². The number of rotatable bonds is 0. The second-order valence-electron chi connectivity index (χ2n) is 2.31. The molecule has 2 atom stereocenters. The Labute approximate surface area is 59.8 Å². The predicted octanol–water partition coefficient (Wildman–Crippen LogP) is 2.59. The summed E-state index contributed by atoms with van der Waals surface area (Å²) in [6.45, 7) is 4.64. The van der Waals surface area contributed by atoms with Crippen LogP contribution in [0.5, 0.6) is 0 Å². The summed E-state index contributed by atoms with van der Waals surface area (Å²) >= 11 is 4.17. The lowest BCUT2D eigenvalue weighted by atomic mass is 10.3. The van der Waals surface area contributed by atoms with Crippen LogP contribution in [-0.2, 0) is 0 Å². The monoisotopic (exact) mass is 148 g/mol. The van der Waals surface area contributed by atoms with Gasteiger partial charge in [-0.2, -0.15) is 0 Å². The highest BCUT2D eigenvalue weighted by Crippen LogP contribution is 2.32. The SMILES string of the molecule is CC1CC(C)SCS1. The van der Waals surface area contributed by atoms with E-state index in [0.717, 1.165) is 10.5 Å². The summed E-state index contributed by atoms with van der Waals surface area (Å²) in [5.74, 6) is 0. The molecule has 0 amide bonds. The van der Waals surface area contributed by atoms with Crippen molar-refractivity contribution in [2.75, 3.05) is 5.08 Å². The summed E-state index contributed by atoms with van der Waals surface area (Å²) in [4.78, 5) is 0. The van der Waals surface area contributed by atoms with Gasteiger partial charge in [-0.15, -0.1) is 23.5 Å². The molecule has 48 valence electrons. The van der Waals surface area contributed by atoms with Crippen LogP contribution in [-0.4, -0.2) is 15.6 Å². The molecule has 0 aromatic rings. The summed E-state index contributed by atoms with van der Waals surface area (Å²) in [6, 6.07) is 0. The topological polar surface area (TPSA) is 0 Å². The molecule has 0 aliphatic carbocycles. The lowest BCUT2D eigenvalue weighted by Gasteiger charge is -2.22. The van der Waals surface area contributed by atoms with E-state index in [-0.39, 0.29) is 0 Å². The third-order valence-corrected chi connectivity index (χ3v) is 3.98. The Hall–Kier alpha value is 0.700. The molecule has 0 aromatic carbocycles. The average Bonchev–Trinajstić information content (AvgIpc) is 1.64. The van der Waals surface area contributed by atoms with E-state index in [0.29, 0.717) is 0 Å². The highest BCUT2D eigenvalue weighted by molar-refractivity contribution is 8.17. The maximum Gasteiger partial charge on any atom is 0.0397 e. The molecule has 0 radical (unpaired) electrons. The molecule has 1 fully saturated rings. The molecule has 8 heavy (non-hydrogen) atoms. The molecule has 0 nitrogen and oxygen atoms in total. The Balaban J connectivity index is 2.23. The molecule has 0 N–H and O–H groups in total. The van der Waals surface area contributed by atoms with Crippen LogP contribution in [0.25, 0.3) is 0 Å². The van der Waals surface area contributed by atoms with E-state index >= 15 is 0 Å². The van der Waals surface area contributed by atoms with Crippen molar-refractivity contribution >= 4 is 23.5 Å². The first-order valence-electron chi connectivity index (χ1n) is 3.02. The molecule has 1 aliphatic rings. The summed E-state index contributed by atoms with van der Waals surface area (Å²) in [7, 11) is 0. The van der Waals surface area contributed by atoms with Crippen LogP contribution in [0.3, 0.4) is 0 Å². The predicted molar refractivity (Wildman–Crippen MR) is 43.6 cm³/mol. The van der Waals surface area contributed by atoms with Gasteiger partial charge >= 0.3 is 0 Å². The number of hydrogen-bond donors (Lipinski definition) is 0. The van der Waals surface area contributed by atoms with Crippen LogP contribution in [0.4, 0.5) is 0 Å². The molecule has 1 aliphatic heterocycles. The Bertz CT molecular complexity index is 64.9. The van der Waals surface area contributed by atoms with Gasteiger partial charge in [0.05, 0.1) is 0 Å². The van der Waals surface area contributed by atoms with Gasteiger partial charge in [0.15, 0.2) is 0 Å². The Morgan fingerprint density at radius 3 is 1.88 bits per heavy atom. The largest absolute Gasteiger partial charge is 0.148 e. The van der Waals surface area contributed by atoms with Crippen molar-refractivity contribution in [3.05, 3.63) is 0 Å². The average molecular weight is 148 g/mol. The van der Waals surface area contributed by atoms with Gasteiger partial charge in [0.1, 0.15) is 0 Å². The highest BCUT2D eigenvalue weighted by Gasteiger charge is 2.14. The molecule has 1 heterocycles. The van der Waals surface area contributed by atoms with Crippen molar-refractivity contribution in [2.24, 2.45) is 0 Å². The summed E-state index contributed by atoms with van der Waals surface area (Å²) in [5.41, 5.74) is 0. The normalized spacial score (nSPS) is 39.8. The fourth-order valence-corrected chi connectivity index (χ4v) is 4.02. The first-order chi connectivity index (χ1) is 3.79. The van der Waals surface area contributed by atoms with Crippen LogP contribution in [0.1, 0.15) is 20.3 Å². The van der Waals surface area contributed by atoms with Gasteiger partial charge in [0.25, 0.3) is 0 Å². The molecule has 2 heteroatoms.